The van der Waals surface area contributed by atoms with Crippen molar-refractivity contribution in [2.75, 3.05) is 0 Å². The lowest BCUT2D eigenvalue weighted by molar-refractivity contribution is -0.0204. The van der Waals surface area contributed by atoms with E-state index in [9.17, 15) is 10.5 Å². The van der Waals surface area contributed by atoms with E-state index in [1.54, 1.807) is 0 Å². The fourth-order valence-electron chi connectivity index (χ4n) is 6.17. The zero-order valence-electron chi connectivity index (χ0n) is 19.4. The maximum Gasteiger partial charge on any atom is 0.101 e. The van der Waals surface area contributed by atoms with E-state index in [0.717, 1.165) is 30.4 Å². The number of aryl methyl sites for hydroxylation is 2. The standard InChI is InChI=1S/C28H40N2/c1-3-5-7-9-23-10-11-24(26(22-30)25(23)21-29)12-14-28-18-15-27(16-19-28,17-20-28)13-8-6-4-2/h10-11H,3-9,12-20H2,1-2H3. The number of benzene rings is 1. The molecule has 3 saturated carbocycles. The van der Waals surface area contributed by atoms with Crippen LogP contribution in [0.4, 0.5) is 0 Å². The maximum absolute atomic E-state index is 9.83. The molecular weight excluding hydrogens is 364 g/mol. The summed E-state index contributed by atoms with van der Waals surface area (Å²) in [7, 11) is 0. The quantitative estimate of drug-likeness (QED) is 0.350. The number of nitriles is 2. The van der Waals surface area contributed by atoms with E-state index in [-0.39, 0.29) is 0 Å². The predicted molar refractivity (Wildman–Crippen MR) is 124 cm³/mol. The van der Waals surface area contributed by atoms with Crippen molar-refractivity contribution < 1.29 is 0 Å². The minimum Gasteiger partial charge on any atom is -0.192 e. The monoisotopic (exact) mass is 404 g/mol. The molecular formula is C28H40N2. The van der Waals surface area contributed by atoms with Crippen molar-refractivity contribution in [1.29, 1.82) is 10.5 Å². The van der Waals surface area contributed by atoms with Gasteiger partial charge in [0.15, 0.2) is 0 Å². The van der Waals surface area contributed by atoms with Crippen LogP contribution < -0.4 is 0 Å². The molecule has 0 radical (unpaired) electrons. The summed E-state index contributed by atoms with van der Waals surface area (Å²) in [6, 6.07) is 9.02. The highest BCUT2D eigenvalue weighted by Crippen LogP contribution is 2.60. The SMILES string of the molecule is CCCCCc1ccc(CCC23CCC(CCCCC)(CC2)CC3)c(C#N)c1C#N. The molecule has 3 fully saturated rings. The zero-order chi connectivity index (χ0) is 21.5. The molecule has 1 aromatic rings. The van der Waals surface area contributed by atoms with Crippen LogP contribution in [0.2, 0.25) is 0 Å². The van der Waals surface area contributed by atoms with Gasteiger partial charge >= 0.3 is 0 Å². The summed E-state index contributed by atoms with van der Waals surface area (Å²) in [5.41, 5.74) is 4.62. The molecule has 0 aromatic heterocycles. The van der Waals surface area contributed by atoms with Crippen molar-refractivity contribution in [3.8, 4) is 12.1 Å². The first-order valence-electron chi connectivity index (χ1n) is 12.6. The molecule has 1 aromatic carbocycles. The van der Waals surface area contributed by atoms with Crippen molar-refractivity contribution in [3.63, 3.8) is 0 Å². The number of hydrogen-bond donors (Lipinski definition) is 0. The summed E-state index contributed by atoms with van der Waals surface area (Å²) in [5.74, 6) is 0. The average Bonchev–Trinajstić information content (AvgIpc) is 2.79. The lowest BCUT2D eigenvalue weighted by atomic mass is 9.51. The zero-order valence-corrected chi connectivity index (χ0v) is 19.4. The minimum absolute atomic E-state index is 0.492. The second-order valence-electron chi connectivity index (χ2n) is 10.3. The van der Waals surface area contributed by atoms with Crippen molar-refractivity contribution in [1.82, 2.24) is 0 Å². The lowest BCUT2D eigenvalue weighted by Gasteiger charge is -2.54. The Morgan fingerprint density at radius 2 is 1.13 bits per heavy atom. The molecule has 0 saturated heterocycles. The summed E-state index contributed by atoms with van der Waals surface area (Å²) in [6.07, 6.45) is 20.5. The molecule has 3 aliphatic carbocycles. The van der Waals surface area contributed by atoms with Gasteiger partial charge in [-0.25, -0.2) is 0 Å². The Morgan fingerprint density at radius 1 is 0.667 bits per heavy atom. The molecule has 4 rings (SSSR count). The molecule has 3 aliphatic rings. The molecule has 2 heteroatoms. The molecule has 0 spiro atoms. The van der Waals surface area contributed by atoms with Gasteiger partial charge in [0.1, 0.15) is 12.1 Å². The smallest absolute Gasteiger partial charge is 0.101 e. The highest BCUT2D eigenvalue weighted by molar-refractivity contribution is 5.54. The first-order chi connectivity index (χ1) is 14.6. The van der Waals surface area contributed by atoms with Crippen LogP contribution in [-0.2, 0) is 12.8 Å². The van der Waals surface area contributed by atoms with Crippen LogP contribution >= 0.6 is 0 Å². The molecule has 2 bridgehead atoms. The Morgan fingerprint density at radius 3 is 1.63 bits per heavy atom. The Labute approximate surface area is 184 Å². The van der Waals surface area contributed by atoms with E-state index >= 15 is 0 Å². The van der Waals surface area contributed by atoms with Crippen molar-refractivity contribution in [2.24, 2.45) is 10.8 Å². The van der Waals surface area contributed by atoms with Gasteiger partial charge in [-0.1, -0.05) is 58.1 Å². The number of fused-ring (bicyclic) bond motifs is 3. The number of nitrogens with zero attached hydrogens (tertiary/aromatic N) is 2. The molecule has 162 valence electrons. The Hall–Kier alpha value is -1.80. The van der Waals surface area contributed by atoms with Gasteiger partial charge in [0.2, 0.25) is 0 Å². The van der Waals surface area contributed by atoms with E-state index in [1.807, 2.05) is 0 Å². The fraction of sp³-hybridized carbons (Fsp3) is 0.714. The molecule has 0 unspecified atom stereocenters. The molecule has 30 heavy (non-hydrogen) atoms. The largest absolute Gasteiger partial charge is 0.192 e. The fourth-order valence-corrected chi connectivity index (χ4v) is 6.17. The summed E-state index contributed by atoms with van der Waals surface area (Å²) < 4.78 is 0. The van der Waals surface area contributed by atoms with Gasteiger partial charge in [-0.15, -0.1) is 0 Å². The summed E-state index contributed by atoms with van der Waals surface area (Å²) in [5, 5.41) is 19.6. The van der Waals surface area contributed by atoms with Gasteiger partial charge in [-0.2, -0.15) is 10.5 Å². The number of unbranched alkanes of at least 4 members (excludes halogenated alkanes) is 4. The van der Waals surface area contributed by atoms with Gasteiger partial charge in [-0.05, 0) is 92.6 Å². The van der Waals surface area contributed by atoms with E-state index in [4.69, 9.17) is 0 Å². The van der Waals surface area contributed by atoms with Crippen LogP contribution in [0.5, 0.6) is 0 Å². The molecule has 0 heterocycles. The van der Waals surface area contributed by atoms with Crippen molar-refractivity contribution in [2.45, 2.75) is 117 Å². The van der Waals surface area contributed by atoms with Crippen molar-refractivity contribution >= 4 is 0 Å². The normalized spacial score (nSPS) is 25.1. The van der Waals surface area contributed by atoms with E-state index in [0.29, 0.717) is 22.0 Å². The third-order valence-electron chi connectivity index (χ3n) is 8.44. The molecule has 0 atom stereocenters. The van der Waals surface area contributed by atoms with Crippen LogP contribution in [0.25, 0.3) is 0 Å². The molecule has 2 nitrogen and oxygen atoms in total. The van der Waals surface area contributed by atoms with E-state index in [1.165, 1.54) is 83.5 Å². The number of hydrogen-bond acceptors (Lipinski definition) is 2. The molecule has 0 N–H and O–H groups in total. The second kappa shape index (κ2) is 10.5. The van der Waals surface area contributed by atoms with Crippen LogP contribution in [0, 0.1) is 33.5 Å². The van der Waals surface area contributed by atoms with Gasteiger partial charge in [-0.3, -0.25) is 0 Å². The first-order valence-corrected chi connectivity index (χ1v) is 12.6. The van der Waals surface area contributed by atoms with E-state index < -0.39 is 0 Å². The Kier molecular flexibility index (Phi) is 7.99. The van der Waals surface area contributed by atoms with Gasteiger partial charge in [0.25, 0.3) is 0 Å². The average molecular weight is 405 g/mol. The van der Waals surface area contributed by atoms with Crippen molar-refractivity contribution in [3.05, 3.63) is 34.4 Å². The van der Waals surface area contributed by atoms with Crippen LogP contribution in [-0.4, -0.2) is 0 Å². The van der Waals surface area contributed by atoms with Crippen LogP contribution in [0.15, 0.2) is 12.1 Å². The summed E-state index contributed by atoms with van der Waals surface area (Å²) in [6.45, 7) is 4.50. The van der Waals surface area contributed by atoms with Crippen LogP contribution in [0.3, 0.4) is 0 Å². The van der Waals surface area contributed by atoms with Gasteiger partial charge < -0.3 is 0 Å². The number of rotatable bonds is 11. The summed E-state index contributed by atoms with van der Waals surface area (Å²) >= 11 is 0. The summed E-state index contributed by atoms with van der Waals surface area (Å²) in [4.78, 5) is 0. The Bertz CT molecular complexity index is 768. The third-order valence-corrected chi connectivity index (χ3v) is 8.44. The van der Waals surface area contributed by atoms with Gasteiger partial charge in [0, 0.05) is 0 Å². The Balaban J connectivity index is 1.64. The molecule has 0 amide bonds. The topological polar surface area (TPSA) is 47.6 Å². The second-order valence-corrected chi connectivity index (χ2v) is 10.3. The van der Waals surface area contributed by atoms with Gasteiger partial charge in [0.05, 0.1) is 11.1 Å². The first kappa shape index (κ1) is 22.9. The highest BCUT2D eigenvalue weighted by Gasteiger charge is 2.47. The maximum atomic E-state index is 9.83. The molecule has 0 aliphatic heterocycles. The predicted octanol–water partition coefficient (Wildman–Crippen LogP) is 8.02. The highest BCUT2D eigenvalue weighted by atomic mass is 14.5. The van der Waals surface area contributed by atoms with Crippen LogP contribution in [0.1, 0.15) is 126 Å². The third kappa shape index (κ3) is 5.09. The minimum atomic E-state index is 0.492. The van der Waals surface area contributed by atoms with E-state index in [2.05, 4.69) is 38.1 Å². The lowest BCUT2D eigenvalue weighted by Crippen LogP contribution is -2.41.